The SMILES string of the molecule is C.COC(=O)CCC(C)(c1ccc(O)cc1)c1ccc(O)cc1.COC(=O)CCC(C)(c1ccc(OCC2CO2)cc1)c1ccc(OCC2CO2)cc1.ClCC1CO1.[Na+].[OH-]. The maximum absolute atomic E-state index is 11.9. The molecular weight excluding hydrogens is 803 g/mol. The number of aromatic hydroxyl groups is 2. The Morgan fingerprint density at radius 3 is 1.12 bits per heavy atom. The molecule has 0 aliphatic carbocycles. The molecule has 0 saturated carbocycles. The van der Waals surface area contributed by atoms with Crippen molar-refractivity contribution in [2.24, 2.45) is 0 Å². The van der Waals surface area contributed by atoms with Gasteiger partial charge in [-0.1, -0.05) is 69.8 Å². The van der Waals surface area contributed by atoms with Crippen molar-refractivity contribution in [1.29, 1.82) is 0 Å². The zero-order chi connectivity index (χ0) is 40.8. The van der Waals surface area contributed by atoms with Crippen LogP contribution in [0.2, 0.25) is 0 Å². The van der Waals surface area contributed by atoms with Crippen LogP contribution in [0.25, 0.3) is 0 Å². The third-order valence-electron chi connectivity index (χ3n) is 10.4. The van der Waals surface area contributed by atoms with Gasteiger partial charge < -0.3 is 48.8 Å². The molecule has 4 aromatic rings. The van der Waals surface area contributed by atoms with Gasteiger partial charge in [0.1, 0.15) is 48.4 Å². The molecule has 322 valence electrons. The third-order valence-corrected chi connectivity index (χ3v) is 10.7. The van der Waals surface area contributed by atoms with Crippen LogP contribution in [0.1, 0.15) is 69.2 Å². The van der Waals surface area contributed by atoms with Gasteiger partial charge in [0.05, 0.1) is 46.0 Å². The van der Waals surface area contributed by atoms with Gasteiger partial charge in [-0.15, -0.1) is 11.6 Å². The molecule has 0 radical (unpaired) electrons. The molecule has 3 fully saturated rings. The van der Waals surface area contributed by atoms with Crippen molar-refractivity contribution in [2.75, 3.05) is 53.1 Å². The molecule has 60 heavy (non-hydrogen) atoms. The Morgan fingerprint density at radius 2 is 0.883 bits per heavy atom. The summed E-state index contributed by atoms with van der Waals surface area (Å²) in [5.74, 6) is 2.22. The van der Waals surface area contributed by atoms with E-state index in [2.05, 4.69) is 31.2 Å². The summed E-state index contributed by atoms with van der Waals surface area (Å²) in [4.78, 5) is 23.4. The quantitative estimate of drug-likeness (QED) is 0.0633. The number of rotatable bonds is 17. The van der Waals surface area contributed by atoms with Crippen LogP contribution >= 0.6 is 11.6 Å². The van der Waals surface area contributed by atoms with Crippen molar-refractivity contribution in [3.05, 3.63) is 119 Å². The van der Waals surface area contributed by atoms with Crippen molar-refractivity contribution >= 4 is 23.5 Å². The van der Waals surface area contributed by atoms with E-state index in [0.717, 1.165) is 53.6 Å². The average molecular weight is 861 g/mol. The molecule has 0 bridgehead atoms. The predicted molar refractivity (Wildman–Crippen MR) is 224 cm³/mol. The number of esters is 2. The number of alkyl halides is 1. The first-order valence-corrected chi connectivity index (χ1v) is 19.6. The Labute approximate surface area is 381 Å². The van der Waals surface area contributed by atoms with Gasteiger partial charge in [0, 0.05) is 23.7 Å². The van der Waals surface area contributed by atoms with Crippen LogP contribution in [-0.4, -0.2) is 99.1 Å². The minimum Gasteiger partial charge on any atom is -0.870 e. The first-order chi connectivity index (χ1) is 27.4. The predicted octanol–water partition coefficient (Wildman–Crippen LogP) is 4.95. The van der Waals surface area contributed by atoms with Crippen molar-refractivity contribution in [3.63, 3.8) is 0 Å². The molecule has 4 aromatic carbocycles. The number of benzene rings is 4. The molecule has 0 spiro atoms. The number of ether oxygens (including phenoxy) is 7. The standard InChI is InChI=1S/C24H28O6.C18H20O4.C3H5ClO.CH4.Na.H2O/c1-24(12-11-23(25)26-2,17-3-7-19(8-4-17)27-13-21-15-29-21)18-5-9-20(10-6-18)28-14-22-16-30-22;1-18(12-11-17(21)22-2,13-3-7-15(19)8-4-13)14-5-9-16(20)10-6-14;4-1-3-2-5-3;;;/h3-10,21-22H,11-16H2,1-2H3;3-10,19-20H,11-12H2,1-2H3;3H,1-2H2;1H4;;1H2/q;;;;+1;/p-1. The zero-order valence-corrected chi connectivity index (χ0v) is 37.2. The van der Waals surface area contributed by atoms with Crippen molar-refractivity contribution in [3.8, 4) is 23.0 Å². The molecule has 3 heterocycles. The molecule has 14 heteroatoms. The third kappa shape index (κ3) is 16.2. The second kappa shape index (κ2) is 25.2. The van der Waals surface area contributed by atoms with E-state index in [4.69, 9.17) is 44.8 Å². The number of hydrogen-bond acceptors (Lipinski definition) is 12. The summed E-state index contributed by atoms with van der Waals surface area (Å²) in [5.41, 5.74) is 3.42. The van der Waals surface area contributed by atoms with Gasteiger partial charge in [-0.2, -0.15) is 0 Å². The zero-order valence-electron chi connectivity index (χ0n) is 34.4. The molecule has 12 nitrogen and oxygen atoms in total. The molecule has 3 aliphatic rings. The van der Waals surface area contributed by atoms with E-state index < -0.39 is 5.41 Å². The molecule has 3 saturated heterocycles. The first kappa shape index (κ1) is 52.3. The molecule has 3 unspecified atom stereocenters. The fourth-order valence-electron chi connectivity index (χ4n) is 6.18. The summed E-state index contributed by atoms with van der Waals surface area (Å²) >= 11 is 5.27. The van der Waals surface area contributed by atoms with Gasteiger partial charge in [-0.05, 0) is 83.6 Å². The van der Waals surface area contributed by atoms with Crippen molar-refractivity contribution in [2.45, 2.75) is 76.1 Å². The summed E-state index contributed by atoms with van der Waals surface area (Å²) in [5, 5.41) is 19.0. The molecule has 7 rings (SSSR count). The number of phenols is 2. The van der Waals surface area contributed by atoms with Gasteiger partial charge in [0.2, 0.25) is 0 Å². The summed E-state index contributed by atoms with van der Waals surface area (Å²) in [7, 11) is 2.80. The number of carbonyl (C=O) groups is 2. The van der Waals surface area contributed by atoms with Crippen LogP contribution in [0, 0.1) is 0 Å². The number of carbonyl (C=O) groups excluding carboxylic acids is 2. The van der Waals surface area contributed by atoms with E-state index in [-0.39, 0.29) is 89.9 Å². The summed E-state index contributed by atoms with van der Waals surface area (Å²) in [6.07, 6.45) is 2.67. The summed E-state index contributed by atoms with van der Waals surface area (Å²) in [6.45, 7) is 7.77. The van der Waals surface area contributed by atoms with Crippen LogP contribution in [0.4, 0.5) is 0 Å². The van der Waals surface area contributed by atoms with E-state index in [9.17, 15) is 19.8 Å². The molecular formula is C46H58ClNaO12. The molecule has 0 amide bonds. The Kier molecular flexibility index (Phi) is 21.9. The largest absolute Gasteiger partial charge is 1.00 e. The maximum Gasteiger partial charge on any atom is 1.00 e. The fourth-order valence-corrected chi connectivity index (χ4v) is 6.36. The van der Waals surface area contributed by atoms with E-state index in [1.165, 1.54) is 14.2 Å². The van der Waals surface area contributed by atoms with E-state index in [1.54, 1.807) is 24.3 Å². The topological polar surface area (TPSA) is 179 Å². The maximum atomic E-state index is 11.9. The van der Waals surface area contributed by atoms with Crippen molar-refractivity contribution in [1.82, 2.24) is 0 Å². The minimum absolute atomic E-state index is 0. The normalized spacial score (nSPS) is 17.6. The summed E-state index contributed by atoms with van der Waals surface area (Å²) < 4.78 is 36.2. The van der Waals surface area contributed by atoms with Crippen LogP contribution in [0.5, 0.6) is 23.0 Å². The Bertz CT molecular complexity index is 1740. The van der Waals surface area contributed by atoms with Crippen LogP contribution < -0.4 is 39.0 Å². The van der Waals surface area contributed by atoms with Crippen LogP contribution in [0.15, 0.2) is 97.1 Å². The average Bonchev–Trinajstić information content (AvgIpc) is 4.08. The van der Waals surface area contributed by atoms with Gasteiger partial charge in [-0.25, -0.2) is 0 Å². The van der Waals surface area contributed by atoms with E-state index in [1.807, 2.05) is 55.5 Å². The number of hydrogen-bond donors (Lipinski definition) is 2. The monoisotopic (exact) mass is 860 g/mol. The Hall–Kier alpha value is -3.85. The summed E-state index contributed by atoms with van der Waals surface area (Å²) in [6, 6.07) is 30.1. The van der Waals surface area contributed by atoms with Gasteiger partial charge in [0.25, 0.3) is 0 Å². The molecule has 3 N–H and O–H groups in total. The molecule has 3 aliphatic heterocycles. The van der Waals surface area contributed by atoms with Gasteiger partial charge in [-0.3, -0.25) is 9.59 Å². The van der Waals surface area contributed by atoms with E-state index >= 15 is 0 Å². The number of phenolic OH excluding ortho intramolecular Hbond substituents is 2. The minimum atomic E-state index is -0.421. The molecule has 0 aromatic heterocycles. The van der Waals surface area contributed by atoms with Crippen LogP contribution in [-0.2, 0) is 44.1 Å². The smallest absolute Gasteiger partial charge is 0.870 e. The van der Waals surface area contributed by atoms with Gasteiger partial charge >= 0.3 is 41.5 Å². The number of halogens is 1. The second-order valence-electron chi connectivity index (χ2n) is 14.6. The van der Waals surface area contributed by atoms with Crippen LogP contribution in [0.3, 0.4) is 0 Å². The second-order valence-corrected chi connectivity index (χ2v) is 14.9. The first-order valence-electron chi connectivity index (χ1n) is 19.1. The van der Waals surface area contributed by atoms with E-state index in [0.29, 0.717) is 44.5 Å². The Morgan fingerprint density at radius 1 is 0.600 bits per heavy atom. The van der Waals surface area contributed by atoms with Crippen molar-refractivity contribution < 1.29 is 88.0 Å². The fraction of sp³-hybridized carbons (Fsp3) is 0.435. The van der Waals surface area contributed by atoms with Gasteiger partial charge in [0.15, 0.2) is 0 Å². The molecule has 3 atom stereocenters. The Balaban J connectivity index is 0.000000365. The number of epoxide rings is 3. The number of methoxy groups -OCH3 is 2.